The molecule has 27 heavy (non-hydrogen) atoms. The van der Waals surface area contributed by atoms with Gasteiger partial charge in [0.25, 0.3) is 0 Å². The molecule has 0 spiro atoms. The molecule has 0 aromatic heterocycles. The zero-order valence-corrected chi connectivity index (χ0v) is 14.4. The third-order valence-corrected chi connectivity index (χ3v) is 4.06. The van der Waals surface area contributed by atoms with Crippen molar-refractivity contribution in [3.8, 4) is 0 Å². The van der Waals surface area contributed by atoms with E-state index in [1.54, 1.807) is 0 Å². The van der Waals surface area contributed by atoms with Crippen LogP contribution in [0.3, 0.4) is 0 Å². The van der Waals surface area contributed by atoms with Crippen molar-refractivity contribution in [2.24, 2.45) is 0 Å². The molecule has 0 saturated carbocycles. The second-order valence-electron chi connectivity index (χ2n) is 5.92. The second kappa shape index (κ2) is 8.44. The number of rotatable bonds is 3. The van der Waals surface area contributed by atoms with Crippen molar-refractivity contribution >= 4 is 12.4 Å². The lowest BCUT2D eigenvalue weighted by molar-refractivity contribution is -0.153. The molecule has 2 nitrogen and oxygen atoms in total. The van der Waals surface area contributed by atoms with Gasteiger partial charge in [-0.05, 0) is 23.8 Å². The van der Waals surface area contributed by atoms with Crippen LogP contribution in [0.15, 0.2) is 18.2 Å². The van der Waals surface area contributed by atoms with Crippen LogP contribution in [0, 0.1) is 0 Å². The summed E-state index contributed by atoms with van der Waals surface area (Å²) >= 11 is 0. The summed E-state index contributed by atoms with van der Waals surface area (Å²) < 4.78 is 117. The Morgan fingerprint density at radius 2 is 1.44 bits per heavy atom. The van der Waals surface area contributed by atoms with Crippen molar-refractivity contribution in [2.75, 3.05) is 26.2 Å². The lowest BCUT2D eigenvalue weighted by atomic mass is 9.93. The van der Waals surface area contributed by atoms with Crippen LogP contribution in [-0.2, 0) is 12.4 Å². The largest absolute Gasteiger partial charge is 0.416 e. The Balaban J connectivity index is 0.00000364. The summed E-state index contributed by atoms with van der Waals surface area (Å²) in [6.07, 6.45) is -16.5. The third-order valence-electron chi connectivity index (χ3n) is 4.06. The molecule has 0 unspecified atom stereocenters. The molecule has 0 aliphatic carbocycles. The minimum Gasteiger partial charge on any atom is -0.314 e. The number of hydrogen-bond acceptors (Lipinski definition) is 2. The van der Waals surface area contributed by atoms with E-state index in [4.69, 9.17) is 0 Å². The number of alkyl halides is 9. The zero-order chi connectivity index (χ0) is 19.8. The van der Waals surface area contributed by atoms with E-state index in [1.165, 1.54) is 0 Å². The van der Waals surface area contributed by atoms with Crippen LogP contribution in [0.25, 0.3) is 0 Å². The summed E-state index contributed by atoms with van der Waals surface area (Å²) in [6, 6.07) is -1.24. The first-order valence-electron chi connectivity index (χ1n) is 7.59. The maximum absolute atomic E-state index is 13.2. The lowest BCUT2D eigenvalue weighted by Gasteiger charge is -2.37. The maximum atomic E-state index is 13.2. The summed E-state index contributed by atoms with van der Waals surface area (Å²) in [5, 5.41) is 2.84. The Bertz CT molecular complexity index is 619. The van der Waals surface area contributed by atoms with Crippen LogP contribution in [-0.4, -0.2) is 37.3 Å². The fourth-order valence-electron chi connectivity index (χ4n) is 2.92. The van der Waals surface area contributed by atoms with E-state index in [9.17, 15) is 39.5 Å². The maximum Gasteiger partial charge on any atom is 0.416 e. The molecule has 1 fully saturated rings. The minimum absolute atomic E-state index is 0. The average Bonchev–Trinajstić information content (AvgIpc) is 2.50. The van der Waals surface area contributed by atoms with E-state index >= 15 is 0 Å². The first kappa shape index (κ1) is 23.8. The number of hydrogen-bond donors (Lipinski definition) is 1. The van der Waals surface area contributed by atoms with Gasteiger partial charge in [-0.2, -0.15) is 39.5 Å². The van der Waals surface area contributed by atoms with E-state index in [2.05, 4.69) is 5.32 Å². The van der Waals surface area contributed by atoms with E-state index < -0.39 is 47.7 Å². The third kappa shape index (κ3) is 6.42. The molecule has 1 aliphatic heterocycles. The van der Waals surface area contributed by atoms with E-state index in [1.807, 2.05) is 0 Å². The van der Waals surface area contributed by atoms with Crippen LogP contribution in [0.1, 0.15) is 29.2 Å². The molecule has 0 radical (unpaired) electrons. The van der Waals surface area contributed by atoms with E-state index in [-0.39, 0.29) is 56.8 Å². The van der Waals surface area contributed by atoms with Crippen LogP contribution in [0.4, 0.5) is 39.5 Å². The molecule has 1 saturated heterocycles. The van der Waals surface area contributed by atoms with Crippen molar-refractivity contribution < 1.29 is 39.5 Å². The van der Waals surface area contributed by atoms with E-state index in [0.29, 0.717) is 0 Å². The van der Waals surface area contributed by atoms with Gasteiger partial charge in [0.15, 0.2) is 0 Å². The molecule has 156 valence electrons. The molecule has 1 aliphatic rings. The zero-order valence-electron chi connectivity index (χ0n) is 13.6. The standard InChI is InChI=1S/C15H15F9N2.ClH/c16-13(17,18)8-12(26-5-3-25-4-6-26)10-7-9(14(19,20)21)1-2-11(10)15(22,23)24;/h1-2,7,12,25H,3-6,8H2;1H/t12-;/m0./s1. The first-order valence-corrected chi connectivity index (χ1v) is 7.59. The van der Waals surface area contributed by atoms with Gasteiger partial charge in [0, 0.05) is 32.2 Å². The van der Waals surface area contributed by atoms with Crippen LogP contribution in [0.5, 0.6) is 0 Å². The number of halogens is 10. The molecule has 1 atom stereocenters. The monoisotopic (exact) mass is 430 g/mol. The van der Waals surface area contributed by atoms with Crippen LogP contribution in [0.2, 0.25) is 0 Å². The highest BCUT2D eigenvalue weighted by atomic mass is 35.5. The van der Waals surface area contributed by atoms with Crippen molar-refractivity contribution in [2.45, 2.75) is 31.0 Å². The fraction of sp³-hybridized carbons (Fsp3) is 0.600. The summed E-state index contributed by atoms with van der Waals surface area (Å²) in [5.74, 6) is 0. The van der Waals surface area contributed by atoms with Gasteiger partial charge in [0.05, 0.1) is 17.5 Å². The average molecular weight is 431 g/mol. The van der Waals surface area contributed by atoms with Gasteiger partial charge in [0.2, 0.25) is 0 Å². The van der Waals surface area contributed by atoms with Gasteiger partial charge in [-0.3, -0.25) is 4.90 Å². The highest BCUT2D eigenvalue weighted by Gasteiger charge is 2.43. The van der Waals surface area contributed by atoms with Crippen LogP contribution < -0.4 is 5.32 Å². The Hall–Kier alpha value is -1.20. The molecule has 0 amide bonds. The molecule has 1 aromatic rings. The number of nitrogens with zero attached hydrogens (tertiary/aromatic N) is 1. The summed E-state index contributed by atoms with van der Waals surface area (Å²) in [4.78, 5) is 1.13. The topological polar surface area (TPSA) is 15.3 Å². The molecule has 0 bridgehead atoms. The van der Waals surface area contributed by atoms with Gasteiger partial charge in [-0.25, -0.2) is 0 Å². The summed E-state index contributed by atoms with van der Waals surface area (Å²) in [7, 11) is 0. The van der Waals surface area contributed by atoms with Gasteiger partial charge in [-0.15, -0.1) is 12.4 Å². The second-order valence-corrected chi connectivity index (χ2v) is 5.92. The molecule has 12 heteroatoms. The molecule has 1 aromatic carbocycles. The number of nitrogens with one attached hydrogen (secondary N) is 1. The van der Waals surface area contributed by atoms with Crippen molar-refractivity contribution in [3.63, 3.8) is 0 Å². The molecule has 1 heterocycles. The quantitative estimate of drug-likeness (QED) is 0.676. The predicted octanol–water partition coefficient (Wildman–Crippen LogP) is 5.04. The highest BCUT2D eigenvalue weighted by molar-refractivity contribution is 5.85. The molecule has 1 N–H and O–H groups in total. The van der Waals surface area contributed by atoms with Crippen molar-refractivity contribution in [3.05, 3.63) is 34.9 Å². The Kier molecular flexibility index (Phi) is 7.45. The Morgan fingerprint density at radius 3 is 1.89 bits per heavy atom. The Labute approximate surface area is 155 Å². The molecular weight excluding hydrogens is 415 g/mol. The van der Waals surface area contributed by atoms with Crippen LogP contribution >= 0.6 is 12.4 Å². The summed E-state index contributed by atoms with van der Waals surface area (Å²) in [6.45, 7) is 0.450. The molecule has 2 rings (SSSR count). The minimum atomic E-state index is -5.07. The molecular formula is C15H16ClF9N2. The van der Waals surface area contributed by atoms with Gasteiger partial charge >= 0.3 is 18.5 Å². The first-order chi connectivity index (χ1) is 11.8. The Morgan fingerprint density at radius 1 is 0.889 bits per heavy atom. The normalized spacial score (nSPS) is 18.1. The fourth-order valence-corrected chi connectivity index (χ4v) is 2.92. The number of benzene rings is 1. The predicted molar refractivity (Wildman–Crippen MR) is 81.5 cm³/mol. The van der Waals surface area contributed by atoms with Crippen molar-refractivity contribution in [1.29, 1.82) is 0 Å². The van der Waals surface area contributed by atoms with E-state index in [0.717, 1.165) is 4.90 Å². The van der Waals surface area contributed by atoms with Gasteiger partial charge in [-0.1, -0.05) is 0 Å². The smallest absolute Gasteiger partial charge is 0.314 e. The van der Waals surface area contributed by atoms with Gasteiger partial charge < -0.3 is 5.32 Å². The highest BCUT2D eigenvalue weighted by Crippen LogP contribution is 2.43. The number of piperazine rings is 1. The lowest BCUT2D eigenvalue weighted by Crippen LogP contribution is -2.46. The SMILES string of the molecule is Cl.FC(F)(F)C[C@@H](c1cc(C(F)(F)F)ccc1C(F)(F)F)N1CCNCC1. The van der Waals surface area contributed by atoms with Gasteiger partial charge in [0.1, 0.15) is 0 Å². The summed E-state index contributed by atoms with van der Waals surface area (Å²) in [5.41, 5.74) is -3.91. The van der Waals surface area contributed by atoms with Crippen molar-refractivity contribution in [1.82, 2.24) is 10.2 Å².